The van der Waals surface area contributed by atoms with Crippen LogP contribution in [-0.2, 0) is 6.54 Å². The summed E-state index contributed by atoms with van der Waals surface area (Å²) in [4.78, 5) is 0. The van der Waals surface area contributed by atoms with Crippen LogP contribution in [0.2, 0.25) is 0 Å². The second kappa shape index (κ2) is 8.27. The predicted molar refractivity (Wildman–Crippen MR) is 81.2 cm³/mol. The third kappa shape index (κ3) is 5.44. The van der Waals surface area contributed by atoms with Crippen LogP contribution in [0.3, 0.4) is 0 Å². The van der Waals surface area contributed by atoms with Gasteiger partial charge in [0.15, 0.2) is 0 Å². The van der Waals surface area contributed by atoms with E-state index in [1.54, 1.807) is 12.1 Å². The fraction of sp³-hybridized carbons (Fsp3) is 0.294. The number of halogens is 1. The molecule has 0 heterocycles. The van der Waals surface area contributed by atoms with Gasteiger partial charge in [-0.1, -0.05) is 12.1 Å². The van der Waals surface area contributed by atoms with E-state index in [0.717, 1.165) is 18.7 Å². The van der Waals surface area contributed by atoms with E-state index in [-0.39, 0.29) is 5.82 Å². The van der Waals surface area contributed by atoms with Gasteiger partial charge in [0.05, 0.1) is 13.2 Å². The Labute approximate surface area is 124 Å². The van der Waals surface area contributed by atoms with Gasteiger partial charge in [-0.2, -0.15) is 0 Å². The van der Waals surface area contributed by atoms with Crippen LogP contribution in [0.4, 0.5) is 4.39 Å². The maximum absolute atomic E-state index is 12.7. The Balaban J connectivity index is 1.64. The summed E-state index contributed by atoms with van der Waals surface area (Å²) in [5.74, 6) is 1.27. The minimum atomic E-state index is -0.257. The van der Waals surface area contributed by atoms with Gasteiger partial charge in [0.25, 0.3) is 0 Å². The van der Waals surface area contributed by atoms with E-state index in [1.165, 1.54) is 17.7 Å². The quantitative estimate of drug-likeness (QED) is 0.756. The monoisotopic (exact) mass is 289 g/mol. The van der Waals surface area contributed by atoms with Crippen molar-refractivity contribution in [1.82, 2.24) is 5.32 Å². The van der Waals surface area contributed by atoms with Gasteiger partial charge in [0.1, 0.15) is 17.3 Å². The van der Waals surface area contributed by atoms with Gasteiger partial charge in [-0.3, -0.25) is 0 Å². The molecule has 0 aliphatic rings. The highest BCUT2D eigenvalue weighted by Gasteiger charge is 1.97. The number of benzene rings is 2. The van der Waals surface area contributed by atoms with Crippen LogP contribution >= 0.6 is 0 Å². The summed E-state index contributed by atoms with van der Waals surface area (Å²) >= 11 is 0. The SMILES string of the molecule is CNCc1ccc(OCCCOc2ccc(F)cc2)cc1. The predicted octanol–water partition coefficient (Wildman–Crippen LogP) is 3.39. The highest BCUT2D eigenvalue weighted by Crippen LogP contribution is 2.13. The van der Waals surface area contributed by atoms with E-state index in [0.29, 0.717) is 19.0 Å². The normalized spacial score (nSPS) is 10.4. The highest BCUT2D eigenvalue weighted by atomic mass is 19.1. The lowest BCUT2D eigenvalue weighted by Gasteiger charge is -2.08. The Bertz CT molecular complexity index is 525. The largest absolute Gasteiger partial charge is 0.493 e. The fourth-order valence-electron chi connectivity index (χ4n) is 1.88. The summed E-state index contributed by atoms with van der Waals surface area (Å²) in [6.45, 7) is 1.99. The van der Waals surface area contributed by atoms with Gasteiger partial charge >= 0.3 is 0 Å². The molecule has 21 heavy (non-hydrogen) atoms. The molecule has 0 atom stereocenters. The topological polar surface area (TPSA) is 30.5 Å². The van der Waals surface area contributed by atoms with Crippen molar-refractivity contribution in [1.29, 1.82) is 0 Å². The maximum atomic E-state index is 12.7. The number of hydrogen-bond donors (Lipinski definition) is 1. The van der Waals surface area contributed by atoms with Crippen LogP contribution in [0.1, 0.15) is 12.0 Å². The van der Waals surface area contributed by atoms with Crippen LogP contribution in [0, 0.1) is 5.82 Å². The lowest BCUT2D eigenvalue weighted by atomic mass is 10.2. The Kier molecular flexibility index (Phi) is 6.03. The first kappa shape index (κ1) is 15.3. The van der Waals surface area contributed by atoms with E-state index >= 15 is 0 Å². The molecule has 0 aromatic heterocycles. The zero-order valence-corrected chi connectivity index (χ0v) is 12.1. The molecule has 0 spiro atoms. The number of ether oxygens (including phenoxy) is 2. The Morgan fingerprint density at radius 2 is 1.38 bits per heavy atom. The van der Waals surface area contributed by atoms with Gasteiger partial charge in [-0.15, -0.1) is 0 Å². The molecule has 0 aliphatic heterocycles. The Morgan fingerprint density at radius 3 is 1.90 bits per heavy atom. The van der Waals surface area contributed by atoms with Crippen LogP contribution < -0.4 is 14.8 Å². The molecule has 0 fully saturated rings. The summed E-state index contributed by atoms with van der Waals surface area (Å²) in [5.41, 5.74) is 1.23. The first-order chi connectivity index (χ1) is 10.3. The number of hydrogen-bond acceptors (Lipinski definition) is 3. The average Bonchev–Trinajstić information content (AvgIpc) is 2.51. The van der Waals surface area contributed by atoms with E-state index in [4.69, 9.17) is 9.47 Å². The third-order valence-electron chi connectivity index (χ3n) is 2.94. The van der Waals surface area contributed by atoms with E-state index in [9.17, 15) is 4.39 Å². The van der Waals surface area contributed by atoms with Crippen molar-refractivity contribution in [2.24, 2.45) is 0 Å². The number of nitrogens with one attached hydrogen (secondary N) is 1. The summed E-state index contributed by atoms with van der Waals surface area (Å²) in [7, 11) is 1.92. The van der Waals surface area contributed by atoms with Crippen molar-refractivity contribution >= 4 is 0 Å². The minimum Gasteiger partial charge on any atom is -0.493 e. The van der Waals surface area contributed by atoms with Gasteiger partial charge in [0, 0.05) is 13.0 Å². The molecule has 0 saturated heterocycles. The van der Waals surface area contributed by atoms with Crippen molar-refractivity contribution in [2.75, 3.05) is 20.3 Å². The Morgan fingerprint density at radius 1 is 0.857 bits per heavy atom. The Hall–Kier alpha value is -2.07. The molecule has 0 saturated carbocycles. The minimum absolute atomic E-state index is 0.257. The lowest BCUT2D eigenvalue weighted by Crippen LogP contribution is -2.06. The molecule has 2 rings (SSSR count). The van der Waals surface area contributed by atoms with Gasteiger partial charge in [0.2, 0.25) is 0 Å². The lowest BCUT2D eigenvalue weighted by molar-refractivity contribution is 0.247. The molecule has 0 unspecified atom stereocenters. The third-order valence-corrected chi connectivity index (χ3v) is 2.94. The first-order valence-corrected chi connectivity index (χ1v) is 7.02. The molecule has 3 nitrogen and oxygen atoms in total. The molecular formula is C17H20FNO2. The van der Waals surface area contributed by atoms with Crippen LogP contribution in [0.5, 0.6) is 11.5 Å². The molecule has 0 radical (unpaired) electrons. The fourth-order valence-corrected chi connectivity index (χ4v) is 1.88. The molecule has 4 heteroatoms. The second-order valence-electron chi connectivity index (χ2n) is 4.68. The van der Waals surface area contributed by atoms with E-state index in [2.05, 4.69) is 5.32 Å². The molecule has 2 aromatic carbocycles. The zero-order chi connectivity index (χ0) is 14.9. The van der Waals surface area contributed by atoms with Crippen LogP contribution in [0.15, 0.2) is 48.5 Å². The van der Waals surface area contributed by atoms with Crippen LogP contribution in [-0.4, -0.2) is 20.3 Å². The van der Waals surface area contributed by atoms with Gasteiger partial charge in [-0.25, -0.2) is 4.39 Å². The second-order valence-corrected chi connectivity index (χ2v) is 4.68. The molecular weight excluding hydrogens is 269 g/mol. The first-order valence-electron chi connectivity index (χ1n) is 7.02. The summed E-state index contributed by atoms with van der Waals surface area (Å²) < 4.78 is 23.8. The highest BCUT2D eigenvalue weighted by molar-refractivity contribution is 5.27. The molecule has 0 amide bonds. The molecule has 1 N–H and O–H groups in total. The van der Waals surface area contributed by atoms with E-state index < -0.39 is 0 Å². The molecule has 0 bridgehead atoms. The molecule has 112 valence electrons. The maximum Gasteiger partial charge on any atom is 0.123 e. The van der Waals surface area contributed by atoms with Crippen molar-refractivity contribution in [3.63, 3.8) is 0 Å². The summed E-state index contributed by atoms with van der Waals surface area (Å²) in [5, 5.41) is 3.10. The zero-order valence-electron chi connectivity index (χ0n) is 12.1. The average molecular weight is 289 g/mol. The van der Waals surface area contributed by atoms with Crippen molar-refractivity contribution < 1.29 is 13.9 Å². The smallest absolute Gasteiger partial charge is 0.123 e. The standard InChI is InChI=1S/C17H20FNO2/c1-19-13-14-3-7-16(8-4-14)20-11-2-12-21-17-9-5-15(18)6-10-17/h3-10,19H,2,11-13H2,1H3. The van der Waals surface area contributed by atoms with Crippen molar-refractivity contribution in [3.05, 3.63) is 59.9 Å². The molecule has 2 aromatic rings. The summed E-state index contributed by atoms with van der Waals surface area (Å²) in [6.07, 6.45) is 0.773. The number of rotatable bonds is 8. The van der Waals surface area contributed by atoms with Crippen LogP contribution in [0.25, 0.3) is 0 Å². The van der Waals surface area contributed by atoms with Crippen molar-refractivity contribution in [3.8, 4) is 11.5 Å². The molecule has 0 aliphatic carbocycles. The summed E-state index contributed by atoms with van der Waals surface area (Å²) in [6, 6.07) is 14.0. The van der Waals surface area contributed by atoms with Crippen molar-refractivity contribution in [2.45, 2.75) is 13.0 Å². The van der Waals surface area contributed by atoms with E-state index in [1.807, 2.05) is 31.3 Å². The van der Waals surface area contributed by atoms with Gasteiger partial charge in [-0.05, 0) is 49.0 Å². The van der Waals surface area contributed by atoms with Gasteiger partial charge < -0.3 is 14.8 Å².